The first-order valence-electron chi connectivity index (χ1n) is 4.20. The second kappa shape index (κ2) is 8.83. The highest BCUT2D eigenvalue weighted by molar-refractivity contribution is 5.68. The summed E-state index contributed by atoms with van der Waals surface area (Å²) < 4.78 is 4.28. The zero-order valence-electron chi connectivity index (χ0n) is 8.83. The molecule has 0 aromatic carbocycles. The van der Waals surface area contributed by atoms with Crippen LogP contribution in [0.15, 0.2) is 0 Å². The molecule has 0 unspecified atom stereocenters. The first kappa shape index (κ1) is 14.3. The van der Waals surface area contributed by atoms with Gasteiger partial charge >= 0.3 is 6.09 Å². The third-order valence-electron chi connectivity index (χ3n) is 1.08. The molecular weight excluding hydrogens is 172 g/mol. The molecule has 0 aromatic rings. The molecule has 0 aliphatic rings. The number of carbonyl (C=O) groups is 2. The fourth-order valence-corrected chi connectivity index (χ4v) is 0.428. The number of amides is 2. The Bertz CT molecular complexity index is 154. The third kappa shape index (κ3) is 7.11. The average Bonchev–Trinajstić information content (AvgIpc) is 2.16. The summed E-state index contributed by atoms with van der Waals surface area (Å²) in [4.78, 5) is 20.8. The third-order valence-corrected chi connectivity index (χ3v) is 1.08. The average molecular weight is 192 g/mol. The number of nitrogens with zero attached hydrogens (tertiary/aromatic N) is 1. The summed E-state index contributed by atoms with van der Waals surface area (Å²) in [5.41, 5.74) is 2.22. The zero-order valence-corrected chi connectivity index (χ0v) is 8.83. The van der Waals surface area contributed by atoms with Gasteiger partial charge in [-0.1, -0.05) is 13.8 Å². The standard InChI is InChI=1S/C6H12N2O3.C2H6.H2/c1-5(2)8(4-9)7-6(10)11-3;1-2;/h4-5H,1-3H3,(H,7,10);1-2H3;1H. The van der Waals surface area contributed by atoms with E-state index in [1.807, 2.05) is 13.8 Å². The van der Waals surface area contributed by atoms with Gasteiger partial charge in [0, 0.05) is 7.47 Å². The van der Waals surface area contributed by atoms with Crippen molar-refractivity contribution in [2.45, 2.75) is 33.7 Å². The van der Waals surface area contributed by atoms with Crippen LogP contribution in [0.5, 0.6) is 0 Å². The molecule has 0 aromatic heterocycles. The Kier molecular flexibility index (Phi) is 9.70. The highest BCUT2D eigenvalue weighted by Gasteiger charge is 2.08. The number of methoxy groups -OCH3 is 1. The van der Waals surface area contributed by atoms with Crippen molar-refractivity contribution in [2.75, 3.05) is 7.11 Å². The maximum atomic E-state index is 10.6. The Hall–Kier alpha value is -1.26. The number of carbonyl (C=O) groups excluding carboxylic acids is 2. The minimum atomic E-state index is -0.647. The zero-order chi connectivity index (χ0) is 10.9. The van der Waals surface area contributed by atoms with E-state index in [9.17, 15) is 9.59 Å². The largest absolute Gasteiger partial charge is 0.452 e. The molecule has 0 fully saturated rings. The van der Waals surface area contributed by atoms with Crippen molar-refractivity contribution >= 4 is 12.5 Å². The van der Waals surface area contributed by atoms with Gasteiger partial charge < -0.3 is 4.74 Å². The fraction of sp³-hybridized carbons (Fsp3) is 0.750. The van der Waals surface area contributed by atoms with Crippen LogP contribution >= 0.6 is 0 Å². The lowest BCUT2D eigenvalue weighted by molar-refractivity contribution is -0.122. The second-order valence-corrected chi connectivity index (χ2v) is 2.21. The van der Waals surface area contributed by atoms with Gasteiger partial charge in [-0.3, -0.25) is 9.80 Å². The minimum Gasteiger partial charge on any atom is -0.452 e. The quantitative estimate of drug-likeness (QED) is 0.543. The number of ether oxygens (including phenoxy) is 1. The highest BCUT2D eigenvalue weighted by Crippen LogP contribution is 1.88. The fourth-order valence-electron chi connectivity index (χ4n) is 0.428. The molecule has 13 heavy (non-hydrogen) atoms. The molecule has 0 saturated carbocycles. The molecule has 0 aliphatic carbocycles. The maximum absolute atomic E-state index is 10.6. The van der Waals surface area contributed by atoms with Crippen LogP contribution in [0.4, 0.5) is 4.79 Å². The van der Waals surface area contributed by atoms with Crippen LogP contribution in [0.25, 0.3) is 0 Å². The molecule has 5 nitrogen and oxygen atoms in total. The Labute approximate surface area is 80.5 Å². The van der Waals surface area contributed by atoms with Gasteiger partial charge in [0.1, 0.15) is 0 Å². The number of rotatable bonds is 3. The molecule has 0 saturated heterocycles. The number of nitrogens with one attached hydrogen (secondary N) is 1. The topological polar surface area (TPSA) is 58.6 Å². The Morgan fingerprint density at radius 3 is 2.23 bits per heavy atom. The van der Waals surface area contributed by atoms with E-state index in [0.717, 1.165) is 5.01 Å². The number of hydrogen-bond donors (Lipinski definition) is 1. The summed E-state index contributed by atoms with van der Waals surface area (Å²) >= 11 is 0. The van der Waals surface area contributed by atoms with E-state index in [1.54, 1.807) is 13.8 Å². The summed E-state index contributed by atoms with van der Waals surface area (Å²) in [6, 6.07) is -0.0772. The molecule has 1 N–H and O–H groups in total. The van der Waals surface area contributed by atoms with E-state index in [1.165, 1.54) is 7.11 Å². The SMILES string of the molecule is CC.COC(=O)NN(C=O)C(C)C.[HH]. The van der Waals surface area contributed by atoms with Crippen LogP contribution in [0.3, 0.4) is 0 Å². The van der Waals surface area contributed by atoms with E-state index < -0.39 is 6.09 Å². The van der Waals surface area contributed by atoms with Gasteiger partial charge in [-0.2, -0.15) is 0 Å². The molecule has 0 heterocycles. The first-order chi connectivity index (χ1) is 6.11. The van der Waals surface area contributed by atoms with Crippen LogP contribution < -0.4 is 5.43 Å². The summed E-state index contributed by atoms with van der Waals surface area (Å²) in [5.74, 6) is 0. The van der Waals surface area contributed by atoms with Crippen LogP contribution in [0, 0.1) is 0 Å². The Morgan fingerprint density at radius 2 is 2.00 bits per heavy atom. The second-order valence-electron chi connectivity index (χ2n) is 2.21. The van der Waals surface area contributed by atoms with E-state index in [-0.39, 0.29) is 7.47 Å². The predicted octanol–water partition coefficient (Wildman–Crippen LogP) is 1.40. The monoisotopic (exact) mass is 192 g/mol. The smallest absolute Gasteiger partial charge is 0.425 e. The van der Waals surface area contributed by atoms with Crippen molar-refractivity contribution in [3.05, 3.63) is 0 Å². The molecule has 0 bridgehead atoms. The van der Waals surface area contributed by atoms with Crippen LogP contribution in [0.2, 0.25) is 0 Å². The first-order valence-corrected chi connectivity index (χ1v) is 4.20. The molecule has 2 amide bonds. The van der Waals surface area contributed by atoms with Crippen LogP contribution in [0.1, 0.15) is 29.1 Å². The predicted molar refractivity (Wildman–Crippen MR) is 52.0 cm³/mol. The van der Waals surface area contributed by atoms with Gasteiger partial charge in [0.15, 0.2) is 0 Å². The van der Waals surface area contributed by atoms with E-state index in [0.29, 0.717) is 6.41 Å². The molecular formula is C8H20N2O3. The normalized spacial score (nSPS) is 8.15. The van der Waals surface area contributed by atoms with Crippen molar-refractivity contribution < 1.29 is 15.8 Å². The Morgan fingerprint density at radius 1 is 1.54 bits per heavy atom. The van der Waals surface area contributed by atoms with E-state index >= 15 is 0 Å². The summed E-state index contributed by atoms with van der Waals surface area (Å²) in [7, 11) is 1.23. The molecule has 80 valence electrons. The number of hydrazine groups is 1. The number of hydrogen-bond acceptors (Lipinski definition) is 3. The van der Waals surface area contributed by atoms with Crippen molar-refractivity contribution in [3.63, 3.8) is 0 Å². The summed E-state index contributed by atoms with van der Waals surface area (Å²) in [5, 5.41) is 1.12. The van der Waals surface area contributed by atoms with Crippen molar-refractivity contribution in [2.24, 2.45) is 0 Å². The van der Waals surface area contributed by atoms with Crippen molar-refractivity contribution in [3.8, 4) is 0 Å². The van der Waals surface area contributed by atoms with Gasteiger partial charge in [-0.05, 0) is 13.8 Å². The van der Waals surface area contributed by atoms with Crippen molar-refractivity contribution in [1.82, 2.24) is 10.4 Å². The summed E-state index contributed by atoms with van der Waals surface area (Å²) in [6.07, 6.45) is -0.118. The van der Waals surface area contributed by atoms with Crippen LogP contribution in [-0.4, -0.2) is 30.7 Å². The van der Waals surface area contributed by atoms with Gasteiger partial charge in [0.2, 0.25) is 6.41 Å². The highest BCUT2D eigenvalue weighted by atomic mass is 16.5. The lowest BCUT2D eigenvalue weighted by atomic mass is 10.4. The molecule has 0 atom stereocenters. The molecule has 0 rings (SSSR count). The maximum Gasteiger partial charge on any atom is 0.425 e. The van der Waals surface area contributed by atoms with E-state index in [4.69, 9.17) is 0 Å². The molecule has 0 radical (unpaired) electrons. The minimum absolute atomic E-state index is 0. The lowest BCUT2D eigenvalue weighted by Gasteiger charge is -2.20. The van der Waals surface area contributed by atoms with E-state index in [2.05, 4.69) is 10.2 Å². The van der Waals surface area contributed by atoms with Gasteiger partial charge in [-0.25, -0.2) is 10.2 Å². The van der Waals surface area contributed by atoms with Gasteiger partial charge in [0.05, 0.1) is 7.11 Å². The lowest BCUT2D eigenvalue weighted by Crippen LogP contribution is -2.45. The van der Waals surface area contributed by atoms with Gasteiger partial charge in [0.25, 0.3) is 0 Å². The molecule has 0 spiro atoms. The molecule has 0 aliphatic heterocycles. The van der Waals surface area contributed by atoms with Crippen LogP contribution in [-0.2, 0) is 9.53 Å². The Balaban J connectivity index is -0.000000376. The summed E-state index contributed by atoms with van der Waals surface area (Å²) in [6.45, 7) is 7.54. The van der Waals surface area contributed by atoms with Crippen molar-refractivity contribution in [1.29, 1.82) is 0 Å². The van der Waals surface area contributed by atoms with Gasteiger partial charge in [-0.15, -0.1) is 0 Å². The molecule has 5 heteroatoms.